The van der Waals surface area contributed by atoms with Crippen LogP contribution in [0.2, 0.25) is 0 Å². The molecule has 0 radical (unpaired) electrons. The highest BCUT2D eigenvalue weighted by Crippen LogP contribution is 2.21. The second kappa shape index (κ2) is 8.44. The van der Waals surface area contributed by atoms with Crippen LogP contribution in [0.15, 0.2) is 18.5 Å². The summed E-state index contributed by atoms with van der Waals surface area (Å²) < 4.78 is 0. The molecule has 2 amide bonds. The number of carbonyl (C=O) groups excluding carboxylic acids is 2. The molecule has 2 aliphatic heterocycles. The molecule has 26 heavy (non-hydrogen) atoms. The molecule has 142 valence electrons. The van der Waals surface area contributed by atoms with Crippen LogP contribution in [0, 0.1) is 5.92 Å². The van der Waals surface area contributed by atoms with Gasteiger partial charge in [-0.05, 0) is 26.6 Å². The van der Waals surface area contributed by atoms with Crippen LogP contribution in [0.1, 0.15) is 12.8 Å². The van der Waals surface area contributed by atoms with Gasteiger partial charge in [-0.15, -0.1) is 0 Å². The minimum Gasteiger partial charge on any atom is -0.341 e. The van der Waals surface area contributed by atoms with Crippen LogP contribution in [0.5, 0.6) is 0 Å². The van der Waals surface area contributed by atoms with Gasteiger partial charge in [0.25, 0.3) is 0 Å². The van der Waals surface area contributed by atoms with E-state index in [1.807, 2.05) is 23.9 Å². The van der Waals surface area contributed by atoms with E-state index in [1.54, 1.807) is 18.5 Å². The second-order valence-corrected chi connectivity index (χ2v) is 7.26. The van der Waals surface area contributed by atoms with Crippen molar-refractivity contribution in [2.75, 3.05) is 64.8 Å². The van der Waals surface area contributed by atoms with Crippen molar-refractivity contribution in [2.45, 2.75) is 12.8 Å². The minimum atomic E-state index is -0.204. The average molecular weight is 360 g/mol. The molecule has 0 aromatic carbocycles. The van der Waals surface area contributed by atoms with Crippen molar-refractivity contribution in [2.24, 2.45) is 5.92 Å². The first-order valence-electron chi connectivity index (χ1n) is 9.28. The number of anilines is 1. The summed E-state index contributed by atoms with van der Waals surface area (Å²) in [6, 6.07) is 1.80. The maximum Gasteiger partial charge on any atom is 0.228 e. The zero-order valence-corrected chi connectivity index (χ0v) is 15.7. The normalized spacial score (nSPS) is 21.4. The van der Waals surface area contributed by atoms with Crippen molar-refractivity contribution in [3.8, 4) is 0 Å². The van der Waals surface area contributed by atoms with E-state index in [2.05, 4.69) is 19.8 Å². The van der Waals surface area contributed by atoms with E-state index >= 15 is 0 Å². The summed E-state index contributed by atoms with van der Waals surface area (Å²) in [5.74, 6) is 0.720. The first-order chi connectivity index (χ1) is 12.5. The number of hydrogen-bond donors (Lipinski definition) is 0. The number of hydrogen-bond acceptors (Lipinski definition) is 6. The van der Waals surface area contributed by atoms with Crippen molar-refractivity contribution < 1.29 is 9.59 Å². The van der Waals surface area contributed by atoms with Gasteiger partial charge in [0, 0.05) is 64.6 Å². The predicted octanol–water partition coefficient (Wildman–Crippen LogP) is -0.0746. The molecule has 0 aliphatic carbocycles. The van der Waals surface area contributed by atoms with Crippen molar-refractivity contribution in [3.63, 3.8) is 0 Å². The molecule has 0 saturated carbocycles. The molecule has 1 atom stereocenters. The van der Waals surface area contributed by atoms with Crippen LogP contribution in [0.25, 0.3) is 0 Å². The monoisotopic (exact) mass is 360 g/mol. The molecule has 3 heterocycles. The highest BCUT2D eigenvalue weighted by Gasteiger charge is 2.36. The topological polar surface area (TPSA) is 72.9 Å². The van der Waals surface area contributed by atoms with Crippen molar-refractivity contribution in [1.82, 2.24) is 24.7 Å². The lowest BCUT2D eigenvalue weighted by Crippen LogP contribution is -2.40. The molecule has 0 bridgehead atoms. The Bertz CT molecular complexity index is 623. The minimum absolute atomic E-state index is 0.0966. The summed E-state index contributed by atoms with van der Waals surface area (Å²) in [6.45, 7) is 5.00. The van der Waals surface area contributed by atoms with Gasteiger partial charge in [0.2, 0.25) is 17.8 Å². The van der Waals surface area contributed by atoms with Crippen LogP contribution in [0.4, 0.5) is 5.95 Å². The quantitative estimate of drug-likeness (QED) is 0.732. The zero-order chi connectivity index (χ0) is 18.5. The lowest BCUT2D eigenvalue weighted by Gasteiger charge is -2.25. The van der Waals surface area contributed by atoms with Gasteiger partial charge in [-0.3, -0.25) is 9.59 Å². The number of likely N-dealkylation sites (N-methyl/N-ethyl adjacent to an activating group) is 1. The number of amides is 2. The van der Waals surface area contributed by atoms with E-state index in [9.17, 15) is 9.59 Å². The van der Waals surface area contributed by atoms with Gasteiger partial charge in [0.1, 0.15) is 0 Å². The Kier molecular flexibility index (Phi) is 6.03. The number of carbonyl (C=O) groups is 2. The van der Waals surface area contributed by atoms with Crippen LogP contribution in [-0.4, -0.2) is 96.4 Å². The zero-order valence-electron chi connectivity index (χ0n) is 15.7. The lowest BCUT2D eigenvalue weighted by molar-refractivity contribution is -0.135. The molecular weight excluding hydrogens is 332 g/mol. The number of likely N-dealkylation sites (tertiary alicyclic amines) is 1. The first kappa shape index (κ1) is 18.6. The fraction of sp³-hybridized carbons (Fsp3) is 0.667. The number of rotatable bonds is 5. The molecule has 3 rings (SSSR count). The molecule has 0 unspecified atom stereocenters. The predicted molar refractivity (Wildman–Crippen MR) is 98.7 cm³/mol. The fourth-order valence-corrected chi connectivity index (χ4v) is 3.52. The molecule has 2 fully saturated rings. The molecule has 8 nitrogen and oxygen atoms in total. The van der Waals surface area contributed by atoms with Gasteiger partial charge in [-0.25, -0.2) is 9.97 Å². The van der Waals surface area contributed by atoms with Crippen molar-refractivity contribution >= 4 is 17.8 Å². The molecule has 8 heteroatoms. The SMILES string of the molecule is CN(C)CCN1C[C@H](C(=O)N2CCCN(c3ncccn3)CC2)CC1=O. The Hall–Kier alpha value is -2.22. The van der Waals surface area contributed by atoms with Gasteiger partial charge in [-0.1, -0.05) is 0 Å². The smallest absolute Gasteiger partial charge is 0.228 e. The molecule has 1 aromatic heterocycles. The number of nitrogens with zero attached hydrogens (tertiary/aromatic N) is 6. The van der Waals surface area contributed by atoms with Gasteiger partial charge >= 0.3 is 0 Å². The van der Waals surface area contributed by atoms with Gasteiger partial charge in [-0.2, -0.15) is 0 Å². The summed E-state index contributed by atoms with van der Waals surface area (Å²) in [7, 11) is 3.98. The number of aromatic nitrogens is 2. The van der Waals surface area contributed by atoms with Crippen molar-refractivity contribution in [1.29, 1.82) is 0 Å². The Morgan fingerprint density at radius 3 is 2.69 bits per heavy atom. The van der Waals surface area contributed by atoms with Gasteiger partial charge in [0.15, 0.2) is 0 Å². The molecular formula is C18H28N6O2. The van der Waals surface area contributed by atoms with E-state index in [4.69, 9.17) is 0 Å². The highest BCUT2D eigenvalue weighted by molar-refractivity contribution is 5.89. The third kappa shape index (κ3) is 4.49. The Morgan fingerprint density at radius 1 is 1.19 bits per heavy atom. The van der Waals surface area contributed by atoms with E-state index in [-0.39, 0.29) is 17.7 Å². The summed E-state index contributed by atoms with van der Waals surface area (Å²) in [5.41, 5.74) is 0. The standard InChI is InChI=1S/C18H28N6O2/c1-21(2)9-10-24-14-15(13-16(24)25)17(26)22-7-4-8-23(12-11-22)18-19-5-3-6-20-18/h3,5-6,15H,4,7-14H2,1-2H3/t15-/m1/s1. The van der Waals surface area contributed by atoms with E-state index < -0.39 is 0 Å². The largest absolute Gasteiger partial charge is 0.341 e. The van der Waals surface area contributed by atoms with Gasteiger partial charge < -0.3 is 19.6 Å². The summed E-state index contributed by atoms with van der Waals surface area (Å²) in [4.78, 5) is 41.6. The van der Waals surface area contributed by atoms with E-state index in [0.29, 0.717) is 32.0 Å². The van der Waals surface area contributed by atoms with Crippen LogP contribution in [0.3, 0.4) is 0 Å². The summed E-state index contributed by atoms with van der Waals surface area (Å²) in [6.07, 6.45) is 4.70. The third-order valence-electron chi connectivity index (χ3n) is 5.02. The molecule has 1 aromatic rings. The maximum atomic E-state index is 12.9. The van der Waals surface area contributed by atoms with Gasteiger partial charge in [0.05, 0.1) is 5.92 Å². The van der Waals surface area contributed by atoms with E-state index in [1.165, 1.54) is 0 Å². The molecule has 0 N–H and O–H groups in total. The van der Waals surface area contributed by atoms with Crippen LogP contribution in [-0.2, 0) is 9.59 Å². The first-order valence-corrected chi connectivity index (χ1v) is 9.28. The summed E-state index contributed by atoms with van der Waals surface area (Å²) >= 11 is 0. The fourth-order valence-electron chi connectivity index (χ4n) is 3.52. The lowest BCUT2D eigenvalue weighted by atomic mass is 10.1. The second-order valence-electron chi connectivity index (χ2n) is 7.26. The molecule has 2 aliphatic rings. The Morgan fingerprint density at radius 2 is 1.96 bits per heavy atom. The highest BCUT2D eigenvalue weighted by atomic mass is 16.2. The Balaban J connectivity index is 1.54. The molecule has 0 spiro atoms. The molecule has 2 saturated heterocycles. The third-order valence-corrected chi connectivity index (χ3v) is 5.02. The van der Waals surface area contributed by atoms with Crippen molar-refractivity contribution in [3.05, 3.63) is 18.5 Å². The Labute approximate surface area is 154 Å². The maximum absolute atomic E-state index is 12.9. The average Bonchev–Trinajstić information content (AvgIpc) is 2.85. The van der Waals surface area contributed by atoms with Crippen LogP contribution >= 0.6 is 0 Å². The van der Waals surface area contributed by atoms with E-state index in [0.717, 1.165) is 32.6 Å². The summed E-state index contributed by atoms with van der Waals surface area (Å²) in [5, 5.41) is 0. The van der Waals surface area contributed by atoms with Crippen LogP contribution < -0.4 is 4.90 Å².